The molecule has 380 valence electrons. The Morgan fingerprint density at radius 2 is 1.18 bits per heavy atom. The Bertz CT molecular complexity index is 1580. The summed E-state index contributed by atoms with van der Waals surface area (Å²) in [6.07, 6.45) is -31.5. The zero-order valence-electron chi connectivity index (χ0n) is 36.3. The maximum atomic E-state index is 12.7. The number of aliphatic hydroxyl groups is 15. The summed E-state index contributed by atoms with van der Waals surface area (Å²) in [7, 11) is 0. The van der Waals surface area contributed by atoms with Gasteiger partial charge in [0.05, 0.1) is 74.3 Å². The normalized spacial score (nSPS) is 52.7. The van der Waals surface area contributed by atoms with Crippen LogP contribution in [-0.2, 0) is 42.7 Å². The summed E-state index contributed by atoms with van der Waals surface area (Å²) >= 11 is 0. The number of carbonyl (C=O) groups is 1. The molecular weight excluding hydrogens is 888 g/mol. The molecule has 0 aromatic heterocycles. The second-order valence-electron chi connectivity index (χ2n) is 19.1. The zero-order chi connectivity index (χ0) is 47.9. The van der Waals surface area contributed by atoms with Gasteiger partial charge in [-0.3, -0.25) is 0 Å². The number of esters is 1. The Morgan fingerprint density at radius 3 is 1.82 bits per heavy atom. The Labute approximate surface area is 379 Å². The van der Waals surface area contributed by atoms with Crippen LogP contribution in [0.25, 0.3) is 0 Å². The summed E-state index contributed by atoms with van der Waals surface area (Å²) in [6, 6.07) is 0. The fourth-order valence-electron chi connectivity index (χ4n) is 10.5. The fraction of sp³-hybridized carbons (Fsp3) is 0.929. The molecule has 24 heteroatoms. The number of aliphatic hydroxyl groups excluding tert-OH is 15. The first-order valence-electron chi connectivity index (χ1n) is 22.8. The Balaban J connectivity index is 1.02. The lowest BCUT2D eigenvalue weighted by atomic mass is 9.72. The number of rotatable bonds is 12. The SMILES string of the molecule is CC1OC(OCC2OC(OC3CC4C(OC5OC(CO)C(O)C(O)C5O)CC(O)CC4OC3C3CC(O)C(O)C(O)C3)C(O)C(O)C2O)C(O)C(O)C1OC(=O)C=CC1CCC(O)C(O)C1. The van der Waals surface area contributed by atoms with Gasteiger partial charge in [-0.1, -0.05) is 6.08 Å². The molecule has 4 saturated heterocycles. The first kappa shape index (κ1) is 52.2. The molecule has 0 radical (unpaired) electrons. The van der Waals surface area contributed by atoms with Crippen LogP contribution in [0.3, 0.4) is 0 Å². The molecule has 0 spiro atoms. The van der Waals surface area contributed by atoms with Gasteiger partial charge in [-0.25, -0.2) is 4.79 Å². The molecule has 7 aliphatic rings. The van der Waals surface area contributed by atoms with E-state index in [2.05, 4.69) is 0 Å². The van der Waals surface area contributed by atoms with Gasteiger partial charge in [-0.2, -0.15) is 0 Å². The molecule has 3 saturated carbocycles. The van der Waals surface area contributed by atoms with Crippen LogP contribution in [0.5, 0.6) is 0 Å². The highest BCUT2D eigenvalue weighted by molar-refractivity contribution is 5.82. The minimum Gasteiger partial charge on any atom is -0.454 e. The molecule has 0 bridgehead atoms. The Kier molecular flexibility index (Phi) is 17.5. The highest BCUT2D eigenvalue weighted by Crippen LogP contribution is 2.45. The summed E-state index contributed by atoms with van der Waals surface area (Å²) in [5.41, 5.74) is 0. The molecule has 4 aliphatic heterocycles. The van der Waals surface area contributed by atoms with Gasteiger partial charge in [-0.05, 0) is 63.7 Å². The molecular formula is C42H68O24. The van der Waals surface area contributed by atoms with E-state index in [9.17, 15) is 81.4 Å². The van der Waals surface area contributed by atoms with Crippen LogP contribution >= 0.6 is 0 Å². The van der Waals surface area contributed by atoms with E-state index >= 15 is 0 Å². The maximum Gasteiger partial charge on any atom is 0.330 e. The van der Waals surface area contributed by atoms with E-state index in [-0.39, 0.29) is 44.4 Å². The number of ether oxygens (including phenoxy) is 8. The van der Waals surface area contributed by atoms with Crippen molar-refractivity contribution in [1.82, 2.24) is 0 Å². The molecule has 66 heavy (non-hydrogen) atoms. The van der Waals surface area contributed by atoms with Gasteiger partial charge < -0.3 is 114 Å². The smallest absolute Gasteiger partial charge is 0.330 e. The van der Waals surface area contributed by atoms with E-state index < -0.39 is 184 Å². The molecule has 15 N–H and O–H groups in total. The lowest BCUT2D eigenvalue weighted by Gasteiger charge is -2.53. The van der Waals surface area contributed by atoms with Crippen molar-refractivity contribution < 1.29 is 119 Å². The first-order chi connectivity index (χ1) is 31.3. The number of allylic oxidation sites excluding steroid dienone is 1. The maximum absolute atomic E-state index is 12.7. The third-order valence-corrected chi connectivity index (χ3v) is 14.4. The number of hydrogen-bond acceptors (Lipinski definition) is 24. The van der Waals surface area contributed by atoms with Crippen LogP contribution in [0.2, 0.25) is 0 Å². The summed E-state index contributed by atoms with van der Waals surface area (Å²) < 4.78 is 47.5. The van der Waals surface area contributed by atoms with Gasteiger partial charge in [0.15, 0.2) is 25.0 Å². The van der Waals surface area contributed by atoms with Crippen LogP contribution < -0.4 is 0 Å². The van der Waals surface area contributed by atoms with Gasteiger partial charge in [0.2, 0.25) is 0 Å². The van der Waals surface area contributed by atoms with Crippen molar-refractivity contribution in [3.8, 4) is 0 Å². The zero-order valence-corrected chi connectivity index (χ0v) is 36.3. The molecule has 24 nitrogen and oxygen atoms in total. The molecule has 3 aliphatic carbocycles. The molecule has 26 atom stereocenters. The average Bonchev–Trinajstić information content (AvgIpc) is 3.28. The molecule has 26 unspecified atom stereocenters. The highest BCUT2D eigenvalue weighted by Gasteiger charge is 2.55. The topological polar surface area (TPSA) is 394 Å². The molecule has 4 heterocycles. The number of hydrogen-bond donors (Lipinski definition) is 15. The van der Waals surface area contributed by atoms with E-state index in [1.165, 1.54) is 13.0 Å². The van der Waals surface area contributed by atoms with Gasteiger partial charge in [0.25, 0.3) is 0 Å². The average molecular weight is 957 g/mol. The van der Waals surface area contributed by atoms with Crippen LogP contribution in [0.1, 0.15) is 58.3 Å². The van der Waals surface area contributed by atoms with E-state index in [0.717, 1.165) is 6.08 Å². The third-order valence-electron chi connectivity index (χ3n) is 14.4. The van der Waals surface area contributed by atoms with E-state index in [1.807, 2.05) is 0 Å². The first-order valence-corrected chi connectivity index (χ1v) is 22.8. The van der Waals surface area contributed by atoms with Crippen LogP contribution in [-0.4, -0.2) is 249 Å². The van der Waals surface area contributed by atoms with E-state index in [0.29, 0.717) is 12.8 Å². The largest absolute Gasteiger partial charge is 0.454 e. The minimum absolute atomic E-state index is 0.00492. The number of fused-ring (bicyclic) bond motifs is 1. The van der Waals surface area contributed by atoms with Crippen molar-refractivity contribution in [2.75, 3.05) is 13.2 Å². The van der Waals surface area contributed by atoms with E-state index in [1.54, 1.807) is 0 Å². The van der Waals surface area contributed by atoms with Crippen molar-refractivity contribution in [1.29, 1.82) is 0 Å². The van der Waals surface area contributed by atoms with Crippen molar-refractivity contribution in [2.24, 2.45) is 17.8 Å². The molecule has 0 aromatic carbocycles. The lowest BCUT2D eigenvalue weighted by Crippen LogP contribution is -2.64. The van der Waals surface area contributed by atoms with E-state index in [4.69, 9.17) is 37.9 Å². The third kappa shape index (κ3) is 11.4. The predicted molar refractivity (Wildman–Crippen MR) is 214 cm³/mol. The van der Waals surface area contributed by atoms with Crippen LogP contribution in [0, 0.1) is 17.8 Å². The second kappa shape index (κ2) is 22.2. The Morgan fingerprint density at radius 1 is 0.576 bits per heavy atom. The molecule has 0 aromatic rings. The van der Waals surface area contributed by atoms with Gasteiger partial charge in [0, 0.05) is 18.4 Å². The quantitative estimate of drug-likeness (QED) is 0.0638. The molecule has 7 fully saturated rings. The second-order valence-corrected chi connectivity index (χ2v) is 19.1. The van der Waals surface area contributed by atoms with Crippen LogP contribution in [0.15, 0.2) is 12.2 Å². The van der Waals surface area contributed by atoms with Crippen LogP contribution in [0.4, 0.5) is 0 Å². The predicted octanol–water partition coefficient (Wildman–Crippen LogP) is -6.74. The van der Waals surface area contributed by atoms with Crippen molar-refractivity contribution in [3.63, 3.8) is 0 Å². The van der Waals surface area contributed by atoms with Crippen molar-refractivity contribution in [3.05, 3.63) is 12.2 Å². The molecule has 0 amide bonds. The van der Waals surface area contributed by atoms with Gasteiger partial charge in [0.1, 0.15) is 67.1 Å². The molecule has 7 rings (SSSR count). The summed E-state index contributed by atoms with van der Waals surface area (Å²) in [4.78, 5) is 12.7. The summed E-state index contributed by atoms with van der Waals surface area (Å²) in [5.74, 6) is -2.42. The highest BCUT2D eigenvalue weighted by atomic mass is 16.7. The number of carbonyl (C=O) groups excluding carboxylic acids is 1. The monoisotopic (exact) mass is 956 g/mol. The summed E-state index contributed by atoms with van der Waals surface area (Å²) in [6.45, 7) is 0.109. The Hall–Kier alpha value is -1.67. The van der Waals surface area contributed by atoms with Gasteiger partial charge in [-0.15, -0.1) is 0 Å². The lowest BCUT2D eigenvalue weighted by molar-refractivity contribution is -0.352. The standard InChI is InChI=1S/C42H68O24/c1-14-38(66-28(49)5-3-15-2-4-19(45)20(46)6-15)34(55)37(58)40(60-14)59-13-27-31(52)33(54)36(57)42(65-27)63-25-11-18-23(61-39(25)16-7-21(47)29(50)22(48)8-16)9-17(44)10-24(18)62-41-35(56)32(53)30(51)26(12-43)64-41/h3,5,14-27,29-48,50-58H,2,4,6-13H2,1H3. The summed E-state index contributed by atoms with van der Waals surface area (Å²) in [5, 5.41) is 159. The van der Waals surface area contributed by atoms with Crippen molar-refractivity contribution in [2.45, 2.75) is 211 Å². The van der Waals surface area contributed by atoms with Gasteiger partial charge >= 0.3 is 5.97 Å². The minimum atomic E-state index is -1.91. The fourth-order valence-corrected chi connectivity index (χ4v) is 10.5. The van der Waals surface area contributed by atoms with Crippen molar-refractivity contribution >= 4 is 5.97 Å².